The van der Waals surface area contributed by atoms with E-state index in [4.69, 9.17) is 4.74 Å². The van der Waals surface area contributed by atoms with Crippen molar-refractivity contribution in [1.82, 2.24) is 5.32 Å². The average Bonchev–Trinajstić information content (AvgIpc) is 2.86. The topological polar surface area (TPSA) is 21.3 Å². The molecule has 2 nitrogen and oxygen atoms in total. The van der Waals surface area contributed by atoms with Crippen molar-refractivity contribution in [3.05, 3.63) is 28.2 Å². The number of nitrogens with one attached hydrogen (secondary N) is 1. The second-order valence-electron chi connectivity index (χ2n) is 6.18. The Balaban J connectivity index is 2.01. The molecule has 1 aromatic carbocycles. The molecule has 0 radical (unpaired) electrons. The van der Waals surface area contributed by atoms with Crippen LogP contribution in [0.25, 0.3) is 0 Å². The monoisotopic (exact) mass is 339 g/mol. The highest BCUT2D eigenvalue weighted by atomic mass is 79.9. The summed E-state index contributed by atoms with van der Waals surface area (Å²) in [6.45, 7) is 5.61. The summed E-state index contributed by atoms with van der Waals surface area (Å²) in [5.74, 6) is 2.57. The Morgan fingerprint density at radius 2 is 2.05 bits per heavy atom. The van der Waals surface area contributed by atoms with Gasteiger partial charge in [0, 0.05) is 10.5 Å². The number of halogens is 1. The van der Waals surface area contributed by atoms with Gasteiger partial charge in [-0.2, -0.15) is 0 Å². The number of hydrogen-bond donors (Lipinski definition) is 1. The van der Waals surface area contributed by atoms with E-state index in [0.717, 1.165) is 30.6 Å². The van der Waals surface area contributed by atoms with Crippen LogP contribution >= 0.6 is 15.9 Å². The molecule has 1 fully saturated rings. The zero-order valence-electron chi connectivity index (χ0n) is 12.8. The molecule has 1 aromatic rings. The van der Waals surface area contributed by atoms with Crippen molar-refractivity contribution in [3.8, 4) is 5.75 Å². The number of methoxy groups -OCH3 is 1. The van der Waals surface area contributed by atoms with Crippen LogP contribution in [0.15, 0.2) is 22.7 Å². The SMILES string of the molecule is COc1ccc(Br)c(CC2CCCC2CNC(C)C)c1. The third kappa shape index (κ3) is 4.23. The van der Waals surface area contributed by atoms with Gasteiger partial charge in [-0.3, -0.25) is 0 Å². The molecule has 1 aliphatic rings. The van der Waals surface area contributed by atoms with E-state index in [9.17, 15) is 0 Å². The fourth-order valence-electron chi connectivity index (χ4n) is 3.16. The number of benzene rings is 1. The maximum atomic E-state index is 5.35. The molecule has 2 unspecified atom stereocenters. The van der Waals surface area contributed by atoms with Crippen molar-refractivity contribution in [1.29, 1.82) is 0 Å². The van der Waals surface area contributed by atoms with Crippen molar-refractivity contribution in [2.75, 3.05) is 13.7 Å². The smallest absolute Gasteiger partial charge is 0.119 e. The number of rotatable bonds is 6. The second-order valence-corrected chi connectivity index (χ2v) is 7.03. The Morgan fingerprint density at radius 3 is 2.75 bits per heavy atom. The Bertz CT molecular complexity index is 433. The molecule has 0 bridgehead atoms. The first kappa shape index (κ1) is 15.8. The highest BCUT2D eigenvalue weighted by Crippen LogP contribution is 2.36. The molecule has 2 atom stereocenters. The molecule has 1 aliphatic carbocycles. The first-order valence-corrected chi connectivity index (χ1v) is 8.45. The molecule has 0 aromatic heterocycles. The zero-order valence-corrected chi connectivity index (χ0v) is 14.4. The maximum Gasteiger partial charge on any atom is 0.119 e. The van der Waals surface area contributed by atoms with Gasteiger partial charge in [0.25, 0.3) is 0 Å². The lowest BCUT2D eigenvalue weighted by Crippen LogP contribution is -2.31. The third-order valence-electron chi connectivity index (χ3n) is 4.34. The van der Waals surface area contributed by atoms with Gasteiger partial charge in [-0.15, -0.1) is 0 Å². The van der Waals surface area contributed by atoms with Gasteiger partial charge in [0.05, 0.1) is 7.11 Å². The minimum absolute atomic E-state index is 0.583. The van der Waals surface area contributed by atoms with Crippen LogP contribution in [0.4, 0.5) is 0 Å². The lowest BCUT2D eigenvalue weighted by Gasteiger charge is -2.22. The maximum absolute atomic E-state index is 5.35. The van der Waals surface area contributed by atoms with Crippen molar-refractivity contribution in [2.24, 2.45) is 11.8 Å². The van der Waals surface area contributed by atoms with Crippen molar-refractivity contribution in [3.63, 3.8) is 0 Å². The van der Waals surface area contributed by atoms with Crippen LogP contribution in [0.2, 0.25) is 0 Å². The summed E-state index contributed by atoms with van der Waals surface area (Å²) in [5.41, 5.74) is 1.38. The molecular formula is C17H26BrNO. The molecule has 3 heteroatoms. The van der Waals surface area contributed by atoms with E-state index >= 15 is 0 Å². The van der Waals surface area contributed by atoms with Gasteiger partial charge in [0.2, 0.25) is 0 Å². The van der Waals surface area contributed by atoms with Crippen molar-refractivity contribution in [2.45, 2.75) is 45.6 Å². The molecule has 112 valence electrons. The van der Waals surface area contributed by atoms with Gasteiger partial charge in [0.15, 0.2) is 0 Å². The van der Waals surface area contributed by atoms with Crippen LogP contribution in [-0.2, 0) is 6.42 Å². The van der Waals surface area contributed by atoms with E-state index in [-0.39, 0.29) is 0 Å². The predicted octanol–water partition coefficient (Wildman–Crippen LogP) is 4.41. The molecule has 0 amide bonds. The van der Waals surface area contributed by atoms with Gasteiger partial charge < -0.3 is 10.1 Å². The molecule has 0 saturated heterocycles. The van der Waals surface area contributed by atoms with Crippen LogP contribution in [0.5, 0.6) is 5.75 Å². The summed E-state index contributed by atoms with van der Waals surface area (Å²) in [5, 5.41) is 3.60. The molecule has 0 spiro atoms. The average molecular weight is 340 g/mol. The van der Waals surface area contributed by atoms with Crippen LogP contribution in [0.1, 0.15) is 38.7 Å². The molecule has 2 rings (SSSR count). The minimum Gasteiger partial charge on any atom is -0.497 e. The van der Waals surface area contributed by atoms with Gasteiger partial charge in [-0.25, -0.2) is 0 Å². The van der Waals surface area contributed by atoms with Crippen molar-refractivity contribution < 1.29 is 4.74 Å². The van der Waals surface area contributed by atoms with E-state index in [0.29, 0.717) is 6.04 Å². The summed E-state index contributed by atoms with van der Waals surface area (Å²) in [6, 6.07) is 6.87. The normalized spacial score (nSPS) is 22.4. The summed E-state index contributed by atoms with van der Waals surface area (Å²) >= 11 is 3.68. The first-order chi connectivity index (χ1) is 9.60. The first-order valence-electron chi connectivity index (χ1n) is 7.66. The van der Waals surface area contributed by atoms with Crippen LogP contribution in [0, 0.1) is 11.8 Å². The minimum atomic E-state index is 0.583. The Labute approximate surface area is 131 Å². The van der Waals surface area contributed by atoms with E-state index in [1.54, 1.807) is 7.11 Å². The fraction of sp³-hybridized carbons (Fsp3) is 0.647. The van der Waals surface area contributed by atoms with E-state index in [1.807, 2.05) is 6.07 Å². The Hall–Kier alpha value is -0.540. The molecule has 0 aliphatic heterocycles. The van der Waals surface area contributed by atoms with Crippen LogP contribution in [-0.4, -0.2) is 19.7 Å². The largest absolute Gasteiger partial charge is 0.497 e. The third-order valence-corrected chi connectivity index (χ3v) is 5.11. The summed E-state index contributed by atoms with van der Waals surface area (Å²) < 4.78 is 6.56. The molecular weight excluding hydrogens is 314 g/mol. The van der Waals surface area contributed by atoms with Crippen molar-refractivity contribution >= 4 is 15.9 Å². The number of ether oxygens (including phenoxy) is 1. The second kappa shape index (κ2) is 7.46. The Kier molecular flexibility index (Phi) is 5.91. The predicted molar refractivity (Wildman–Crippen MR) is 88.4 cm³/mol. The van der Waals surface area contributed by atoms with Crippen LogP contribution < -0.4 is 10.1 Å². The summed E-state index contributed by atoms with van der Waals surface area (Å²) in [7, 11) is 1.73. The van der Waals surface area contributed by atoms with E-state index in [2.05, 4.69) is 47.2 Å². The highest BCUT2D eigenvalue weighted by Gasteiger charge is 2.27. The van der Waals surface area contributed by atoms with Gasteiger partial charge in [-0.1, -0.05) is 36.2 Å². The quantitative estimate of drug-likeness (QED) is 0.828. The molecule has 1 N–H and O–H groups in total. The lowest BCUT2D eigenvalue weighted by atomic mass is 9.89. The fourth-order valence-corrected chi connectivity index (χ4v) is 3.56. The summed E-state index contributed by atoms with van der Waals surface area (Å²) in [4.78, 5) is 0. The Morgan fingerprint density at radius 1 is 1.30 bits per heavy atom. The van der Waals surface area contributed by atoms with Gasteiger partial charge in [-0.05, 0) is 61.4 Å². The standard InChI is InChI=1S/C17H26BrNO/c1-12(2)19-11-14-6-4-5-13(14)9-15-10-16(20-3)7-8-17(15)18/h7-8,10,12-14,19H,4-6,9,11H2,1-3H3. The zero-order chi connectivity index (χ0) is 14.5. The van der Waals surface area contributed by atoms with E-state index in [1.165, 1.54) is 29.3 Å². The van der Waals surface area contributed by atoms with Crippen LogP contribution in [0.3, 0.4) is 0 Å². The number of hydrogen-bond acceptors (Lipinski definition) is 2. The molecule has 20 heavy (non-hydrogen) atoms. The highest BCUT2D eigenvalue weighted by molar-refractivity contribution is 9.10. The lowest BCUT2D eigenvalue weighted by molar-refractivity contribution is 0.353. The molecule has 0 heterocycles. The van der Waals surface area contributed by atoms with E-state index < -0.39 is 0 Å². The van der Waals surface area contributed by atoms with Gasteiger partial charge in [0.1, 0.15) is 5.75 Å². The van der Waals surface area contributed by atoms with Gasteiger partial charge >= 0.3 is 0 Å². The molecule has 1 saturated carbocycles. The summed E-state index contributed by atoms with van der Waals surface area (Å²) in [6.07, 6.45) is 5.25.